The lowest BCUT2D eigenvalue weighted by atomic mass is 9.70. The van der Waals surface area contributed by atoms with Crippen molar-refractivity contribution < 1.29 is 0 Å². The Bertz CT molecular complexity index is 2610. The summed E-state index contributed by atoms with van der Waals surface area (Å²) in [5.74, 6) is 0. The third-order valence-electron chi connectivity index (χ3n) is 10.9. The largest absolute Gasteiger partial charge is 0.0888 e. The third-order valence-corrected chi connectivity index (χ3v) is 12.0. The lowest BCUT2D eigenvalue weighted by Gasteiger charge is -2.30. The van der Waals surface area contributed by atoms with Crippen molar-refractivity contribution >= 4 is 22.5 Å². The van der Waals surface area contributed by atoms with Gasteiger partial charge in [0.05, 0.1) is 5.41 Å². The third kappa shape index (κ3) is 3.32. The van der Waals surface area contributed by atoms with Crippen LogP contribution < -0.4 is 0 Å². The van der Waals surface area contributed by atoms with E-state index in [1.54, 1.807) is 0 Å². The number of hydrogen-bond donors (Lipinski definition) is 0. The molecule has 0 saturated carbocycles. The first-order chi connectivity index (χ1) is 23.8. The topological polar surface area (TPSA) is 0 Å². The summed E-state index contributed by atoms with van der Waals surface area (Å²) >= 11 is 1.89. The first-order valence-electron chi connectivity index (χ1n) is 16.7. The van der Waals surface area contributed by atoms with E-state index in [0.717, 1.165) is 0 Å². The molecule has 0 radical (unpaired) electrons. The number of benzene rings is 8. The number of fused-ring (bicyclic) bond motifs is 12. The smallest absolute Gasteiger partial charge is 0.0725 e. The minimum Gasteiger partial charge on any atom is -0.0888 e. The van der Waals surface area contributed by atoms with Crippen LogP contribution in [0, 0.1) is 0 Å². The summed E-state index contributed by atoms with van der Waals surface area (Å²) in [6.07, 6.45) is 0. The van der Waals surface area contributed by atoms with Gasteiger partial charge >= 0.3 is 0 Å². The molecule has 0 atom stereocenters. The molecule has 8 aromatic rings. The molecule has 1 heteroatoms. The second-order valence-electron chi connectivity index (χ2n) is 13.1. The number of hydrogen-bond acceptors (Lipinski definition) is 1. The van der Waals surface area contributed by atoms with Gasteiger partial charge in [0.1, 0.15) is 0 Å². The zero-order chi connectivity index (χ0) is 31.4. The summed E-state index contributed by atoms with van der Waals surface area (Å²) in [5.41, 5.74) is 18.2. The molecule has 0 saturated heterocycles. The average molecular weight is 625 g/mol. The molecule has 2 aliphatic carbocycles. The summed E-state index contributed by atoms with van der Waals surface area (Å²) in [7, 11) is 0. The predicted molar refractivity (Wildman–Crippen MR) is 201 cm³/mol. The van der Waals surface area contributed by atoms with Crippen LogP contribution in [0.3, 0.4) is 0 Å². The van der Waals surface area contributed by atoms with Crippen LogP contribution in [0.25, 0.3) is 66.4 Å². The van der Waals surface area contributed by atoms with E-state index in [4.69, 9.17) is 0 Å². The molecule has 0 aromatic heterocycles. The van der Waals surface area contributed by atoms with E-state index in [0.29, 0.717) is 0 Å². The fourth-order valence-electron chi connectivity index (χ4n) is 9.07. The van der Waals surface area contributed by atoms with Crippen LogP contribution in [-0.2, 0) is 5.41 Å². The molecule has 0 nitrogen and oxygen atoms in total. The second kappa shape index (κ2) is 9.70. The van der Waals surface area contributed by atoms with Gasteiger partial charge in [-0.2, -0.15) is 0 Å². The lowest BCUT2D eigenvalue weighted by molar-refractivity contribution is 0.794. The Labute approximate surface area is 284 Å². The molecule has 0 amide bonds. The van der Waals surface area contributed by atoms with E-state index in [2.05, 4.69) is 170 Å². The van der Waals surface area contributed by atoms with Crippen LogP contribution in [0.1, 0.15) is 22.3 Å². The van der Waals surface area contributed by atoms with Crippen molar-refractivity contribution in [3.8, 4) is 55.6 Å². The SMILES string of the molecule is c1cc(-c2cccc3c2-c2ccccc2C32c3ccccc3-c3ccccc32)cc(-c2ccc3c4c(cccc24)-c2ccccc2S3)c1. The molecule has 1 heterocycles. The fourth-order valence-corrected chi connectivity index (χ4v) is 10.2. The molecular formula is C47H28S. The lowest BCUT2D eigenvalue weighted by Crippen LogP contribution is -2.25. The van der Waals surface area contributed by atoms with Crippen LogP contribution in [0.2, 0.25) is 0 Å². The van der Waals surface area contributed by atoms with Gasteiger partial charge in [0, 0.05) is 15.2 Å². The summed E-state index contributed by atoms with van der Waals surface area (Å²) < 4.78 is 0. The summed E-state index contributed by atoms with van der Waals surface area (Å²) in [6.45, 7) is 0. The van der Waals surface area contributed by atoms with E-state index in [1.165, 1.54) is 98.5 Å². The molecule has 0 N–H and O–H groups in total. The van der Waals surface area contributed by atoms with Crippen molar-refractivity contribution in [2.24, 2.45) is 0 Å². The normalized spacial score (nSPS) is 13.9. The maximum absolute atomic E-state index is 2.41. The molecule has 48 heavy (non-hydrogen) atoms. The van der Waals surface area contributed by atoms with Gasteiger partial charge in [-0.05, 0) is 101 Å². The van der Waals surface area contributed by atoms with E-state index >= 15 is 0 Å². The molecule has 0 bridgehead atoms. The molecule has 0 fully saturated rings. The van der Waals surface area contributed by atoms with Gasteiger partial charge in [-0.15, -0.1) is 0 Å². The Morgan fingerprint density at radius 2 is 0.875 bits per heavy atom. The first kappa shape index (κ1) is 26.4. The van der Waals surface area contributed by atoms with E-state index in [-0.39, 0.29) is 5.41 Å². The second-order valence-corrected chi connectivity index (χ2v) is 14.2. The molecule has 1 spiro atoms. The fraction of sp³-hybridized carbons (Fsp3) is 0.0213. The van der Waals surface area contributed by atoms with Gasteiger partial charge in [-0.25, -0.2) is 0 Å². The number of rotatable bonds is 2. The molecule has 1 aliphatic heterocycles. The molecule has 0 unspecified atom stereocenters. The Hall–Kier alpha value is -5.63. The van der Waals surface area contributed by atoms with Gasteiger partial charge in [-0.1, -0.05) is 163 Å². The van der Waals surface area contributed by atoms with E-state index in [9.17, 15) is 0 Å². The first-order valence-corrected chi connectivity index (χ1v) is 17.5. The Morgan fingerprint density at radius 3 is 1.65 bits per heavy atom. The van der Waals surface area contributed by atoms with Gasteiger partial charge in [-0.3, -0.25) is 0 Å². The zero-order valence-electron chi connectivity index (χ0n) is 26.1. The van der Waals surface area contributed by atoms with Crippen molar-refractivity contribution in [1.29, 1.82) is 0 Å². The highest BCUT2D eigenvalue weighted by Gasteiger charge is 2.51. The minimum absolute atomic E-state index is 0.336. The monoisotopic (exact) mass is 624 g/mol. The van der Waals surface area contributed by atoms with E-state index in [1.807, 2.05) is 11.8 Å². The Kier molecular flexibility index (Phi) is 5.34. The minimum atomic E-state index is -0.336. The van der Waals surface area contributed by atoms with Gasteiger partial charge < -0.3 is 0 Å². The van der Waals surface area contributed by atoms with Crippen molar-refractivity contribution in [3.05, 3.63) is 192 Å². The highest BCUT2D eigenvalue weighted by atomic mass is 32.2. The van der Waals surface area contributed by atoms with Gasteiger partial charge in [0.25, 0.3) is 0 Å². The van der Waals surface area contributed by atoms with Crippen LogP contribution in [0.5, 0.6) is 0 Å². The van der Waals surface area contributed by atoms with Gasteiger partial charge in [0.2, 0.25) is 0 Å². The summed E-state index contributed by atoms with van der Waals surface area (Å²) in [5, 5.41) is 2.67. The highest BCUT2D eigenvalue weighted by molar-refractivity contribution is 7.99. The highest BCUT2D eigenvalue weighted by Crippen LogP contribution is 2.64. The predicted octanol–water partition coefficient (Wildman–Crippen LogP) is 12.6. The molecule has 3 aliphatic rings. The summed E-state index contributed by atoms with van der Waals surface area (Å²) in [4.78, 5) is 2.66. The summed E-state index contributed by atoms with van der Waals surface area (Å²) in [6, 6.07) is 63.6. The van der Waals surface area contributed by atoms with Crippen molar-refractivity contribution in [2.45, 2.75) is 15.2 Å². The van der Waals surface area contributed by atoms with Crippen LogP contribution in [-0.4, -0.2) is 0 Å². The quantitative estimate of drug-likeness (QED) is 0.184. The van der Waals surface area contributed by atoms with Crippen LogP contribution in [0.4, 0.5) is 0 Å². The standard InChI is InChI=1S/C47H28S/c1-5-21-39-33(14-1)34-15-2-6-22-40(34)47(39)41-23-7-3-17-38(41)45-32(18-11-24-42(45)47)30-13-9-12-29(28-30)31-26-27-44-46-36(31)19-10-20-37(46)35-16-4-8-25-43(35)48-44/h1-28H. The molecule has 11 rings (SSSR count). The molecule has 8 aromatic carbocycles. The van der Waals surface area contributed by atoms with Crippen LogP contribution >= 0.6 is 11.8 Å². The van der Waals surface area contributed by atoms with Crippen molar-refractivity contribution in [3.63, 3.8) is 0 Å². The average Bonchev–Trinajstić information content (AvgIpc) is 3.63. The van der Waals surface area contributed by atoms with Gasteiger partial charge in [0.15, 0.2) is 0 Å². The Morgan fingerprint density at radius 1 is 0.333 bits per heavy atom. The molecular weight excluding hydrogens is 597 g/mol. The zero-order valence-corrected chi connectivity index (χ0v) is 26.9. The maximum atomic E-state index is 2.41. The van der Waals surface area contributed by atoms with Crippen molar-refractivity contribution in [1.82, 2.24) is 0 Å². The van der Waals surface area contributed by atoms with E-state index < -0.39 is 0 Å². The van der Waals surface area contributed by atoms with Crippen LogP contribution in [0.15, 0.2) is 180 Å². The maximum Gasteiger partial charge on any atom is 0.0725 e. The Balaban J connectivity index is 1.14. The molecule has 222 valence electrons. The van der Waals surface area contributed by atoms with Crippen molar-refractivity contribution in [2.75, 3.05) is 0 Å².